The lowest BCUT2D eigenvalue weighted by Crippen LogP contribution is -2.40. The summed E-state index contributed by atoms with van der Waals surface area (Å²) in [6.45, 7) is 1.52. The number of hydrogen-bond donors (Lipinski definition) is 1. The van der Waals surface area contributed by atoms with Gasteiger partial charge in [-0.25, -0.2) is 8.42 Å². The molecule has 5 heteroatoms. The van der Waals surface area contributed by atoms with Crippen LogP contribution in [0.4, 0.5) is 5.69 Å². The molecule has 1 aromatic rings. The Hall–Kier alpha value is -1.23. The number of ether oxygens (including phenoxy) is 1. The maximum absolute atomic E-state index is 11.1. The number of anilines is 1. The van der Waals surface area contributed by atoms with Gasteiger partial charge in [-0.2, -0.15) is 0 Å². The Morgan fingerprint density at radius 2 is 2.17 bits per heavy atom. The monoisotopic (exact) mass is 267 g/mol. The fourth-order valence-corrected chi connectivity index (χ4v) is 4.12. The van der Waals surface area contributed by atoms with Crippen molar-refractivity contribution in [1.82, 2.24) is 0 Å². The minimum Gasteiger partial charge on any atom is -0.493 e. The Morgan fingerprint density at radius 3 is 2.94 bits per heavy atom. The van der Waals surface area contributed by atoms with Crippen LogP contribution < -0.4 is 10.1 Å². The Bertz CT molecular complexity index is 541. The number of benzene rings is 1. The highest BCUT2D eigenvalue weighted by Crippen LogP contribution is 2.31. The fourth-order valence-electron chi connectivity index (χ4n) is 2.59. The predicted molar refractivity (Wildman–Crippen MR) is 70.9 cm³/mol. The molecule has 0 atom stereocenters. The van der Waals surface area contributed by atoms with E-state index in [1.54, 1.807) is 0 Å². The van der Waals surface area contributed by atoms with Gasteiger partial charge in [0.1, 0.15) is 5.75 Å². The van der Waals surface area contributed by atoms with Crippen LogP contribution in [0.1, 0.15) is 12.0 Å². The highest BCUT2D eigenvalue weighted by atomic mass is 32.2. The third-order valence-electron chi connectivity index (χ3n) is 3.51. The van der Waals surface area contributed by atoms with Crippen molar-refractivity contribution in [3.8, 4) is 5.75 Å². The second-order valence-electron chi connectivity index (χ2n) is 5.07. The molecule has 0 saturated carbocycles. The molecular formula is C13H17NO3S. The van der Waals surface area contributed by atoms with Crippen LogP contribution in [0.5, 0.6) is 5.75 Å². The first-order chi connectivity index (χ1) is 8.64. The van der Waals surface area contributed by atoms with E-state index in [0.29, 0.717) is 6.61 Å². The molecule has 4 nitrogen and oxygen atoms in total. The summed E-state index contributed by atoms with van der Waals surface area (Å²) in [5.41, 5.74) is 2.38. The van der Waals surface area contributed by atoms with Crippen molar-refractivity contribution in [3.63, 3.8) is 0 Å². The summed E-state index contributed by atoms with van der Waals surface area (Å²) in [7, 11) is -2.74. The van der Waals surface area contributed by atoms with Gasteiger partial charge in [-0.15, -0.1) is 0 Å². The van der Waals surface area contributed by atoms with Gasteiger partial charge in [0.05, 0.1) is 18.1 Å². The van der Waals surface area contributed by atoms with Gasteiger partial charge >= 0.3 is 0 Å². The molecule has 1 N–H and O–H groups in total. The molecule has 0 radical (unpaired) electrons. The molecule has 2 heterocycles. The lowest BCUT2D eigenvalue weighted by Gasteiger charge is -2.27. The maximum Gasteiger partial charge on any atom is 0.151 e. The molecule has 2 aliphatic heterocycles. The smallest absolute Gasteiger partial charge is 0.151 e. The number of hydrogen-bond acceptors (Lipinski definition) is 4. The molecule has 0 aliphatic carbocycles. The molecule has 0 aromatic heterocycles. The van der Waals surface area contributed by atoms with Crippen molar-refractivity contribution in [2.45, 2.75) is 12.8 Å². The molecule has 98 valence electrons. The van der Waals surface area contributed by atoms with Crippen molar-refractivity contribution in [2.75, 3.05) is 30.0 Å². The number of nitrogens with one attached hydrogen (secondary N) is 1. The molecular weight excluding hydrogens is 250 g/mol. The predicted octanol–water partition coefficient (Wildman–Crippen LogP) is 1.47. The van der Waals surface area contributed by atoms with Crippen molar-refractivity contribution >= 4 is 15.5 Å². The zero-order valence-corrected chi connectivity index (χ0v) is 11.0. The highest BCUT2D eigenvalue weighted by Gasteiger charge is 2.33. The third kappa shape index (κ3) is 2.32. The van der Waals surface area contributed by atoms with Gasteiger partial charge in [0.2, 0.25) is 0 Å². The second kappa shape index (κ2) is 4.46. The third-order valence-corrected chi connectivity index (χ3v) is 5.46. The SMILES string of the molecule is O=S1(=O)CC(COc2cccc3c2CCCN3)C1. The first-order valence-electron chi connectivity index (χ1n) is 6.33. The molecule has 1 saturated heterocycles. The second-order valence-corrected chi connectivity index (χ2v) is 7.22. The summed E-state index contributed by atoms with van der Waals surface area (Å²) in [6.07, 6.45) is 2.15. The van der Waals surface area contributed by atoms with Gasteiger partial charge in [0.15, 0.2) is 9.84 Å². The lowest BCUT2D eigenvalue weighted by molar-refractivity contribution is 0.261. The zero-order valence-electron chi connectivity index (χ0n) is 10.2. The van der Waals surface area contributed by atoms with Crippen LogP contribution in [0.3, 0.4) is 0 Å². The van der Waals surface area contributed by atoms with Gasteiger partial charge in [0.25, 0.3) is 0 Å². The van der Waals surface area contributed by atoms with E-state index in [1.165, 1.54) is 5.56 Å². The van der Waals surface area contributed by atoms with E-state index in [-0.39, 0.29) is 17.4 Å². The van der Waals surface area contributed by atoms with Crippen LogP contribution in [-0.4, -0.2) is 33.1 Å². The first kappa shape index (κ1) is 11.8. The van der Waals surface area contributed by atoms with Crippen molar-refractivity contribution < 1.29 is 13.2 Å². The summed E-state index contributed by atoms with van der Waals surface area (Å²) in [6, 6.07) is 6.01. The summed E-state index contributed by atoms with van der Waals surface area (Å²) >= 11 is 0. The van der Waals surface area contributed by atoms with Crippen LogP contribution in [0, 0.1) is 5.92 Å². The van der Waals surface area contributed by atoms with Gasteiger partial charge in [-0.05, 0) is 25.0 Å². The molecule has 0 spiro atoms. The molecule has 0 amide bonds. The van der Waals surface area contributed by atoms with Gasteiger partial charge in [0, 0.05) is 23.7 Å². The molecule has 0 bridgehead atoms. The largest absolute Gasteiger partial charge is 0.493 e. The minimum absolute atomic E-state index is 0.169. The molecule has 1 aromatic carbocycles. The van der Waals surface area contributed by atoms with Crippen LogP contribution in [0.2, 0.25) is 0 Å². The quantitative estimate of drug-likeness (QED) is 0.901. The normalized spacial score (nSPS) is 21.6. The number of fused-ring (bicyclic) bond motifs is 1. The van der Waals surface area contributed by atoms with E-state index in [9.17, 15) is 8.42 Å². The number of rotatable bonds is 3. The Kier molecular flexibility index (Phi) is 2.93. The summed E-state index contributed by atoms with van der Waals surface area (Å²) in [5, 5.41) is 3.36. The Balaban J connectivity index is 1.66. The topological polar surface area (TPSA) is 55.4 Å². The van der Waals surface area contributed by atoms with E-state index in [2.05, 4.69) is 11.4 Å². The highest BCUT2D eigenvalue weighted by molar-refractivity contribution is 7.92. The van der Waals surface area contributed by atoms with Crippen molar-refractivity contribution in [3.05, 3.63) is 23.8 Å². The number of sulfone groups is 1. The van der Waals surface area contributed by atoms with E-state index < -0.39 is 9.84 Å². The molecule has 1 fully saturated rings. The lowest BCUT2D eigenvalue weighted by atomic mass is 10.0. The zero-order chi connectivity index (χ0) is 12.6. The average molecular weight is 267 g/mol. The first-order valence-corrected chi connectivity index (χ1v) is 8.15. The Morgan fingerprint density at radius 1 is 1.33 bits per heavy atom. The Labute approximate surface area is 107 Å². The van der Waals surface area contributed by atoms with Crippen LogP contribution in [0.25, 0.3) is 0 Å². The van der Waals surface area contributed by atoms with E-state index in [4.69, 9.17) is 4.74 Å². The molecule has 3 rings (SSSR count). The van der Waals surface area contributed by atoms with Crippen molar-refractivity contribution in [2.24, 2.45) is 5.92 Å². The standard InChI is InChI=1S/C13H17NO3S/c15-18(16)8-10(9-18)7-17-13-5-1-4-12-11(13)3-2-6-14-12/h1,4-5,10,14H,2-3,6-9H2. The maximum atomic E-state index is 11.1. The molecule has 18 heavy (non-hydrogen) atoms. The van der Waals surface area contributed by atoms with E-state index >= 15 is 0 Å². The van der Waals surface area contributed by atoms with E-state index in [1.807, 2.05) is 12.1 Å². The van der Waals surface area contributed by atoms with Crippen LogP contribution >= 0.6 is 0 Å². The van der Waals surface area contributed by atoms with Gasteiger partial charge < -0.3 is 10.1 Å². The van der Waals surface area contributed by atoms with Crippen molar-refractivity contribution in [1.29, 1.82) is 0 Å². The van der Waals surface area contributed by atoms with Gasteiger partial charge in [-0.3, -0.25) is 0 Å². The molecule has 0 unspecified atom stereocenters. The average Bonchev–Trinajstić information content (AvgIpc) is 2.33. The van der Waals surface area contributed by atoms with Crippen LogP contribution in [0.15, 0.2) is 18.2 Å². The van der Waals surface area contributed by atoms with E-state index in [0.717, 1.165) is 30.8 Å². The van der Waals surface area contributed by atoms with Gasteiger partial charge in [-0.1, -0.05) is 6.07 Å². The fraction of sp³-hybridized carbons (Fsp3) is 0.538. The summed E-state index contributed by atoms with van der Waals surface area (Å²) < 4.78 is 27.9. The minimum atomic E-state index is -2.74. The summed E-state index contributed by atoms with van der Waals surface area (Å²) in [4.78, 5) is 0. The summed E-state index contributed by atoms with van der Waals surface area (Å²) in [5.74, 6) is 1.63. The van der Waals surface area contributed by atoms with Crippen LogP contribution in [-0.2, 0) is 16.3 Å². The molecule has 2 aliphatic rings.